The van der Waals surface area contributed by atoms with Gasteiger partial charge in [-0.2, -0.15) is 0 Å². The predicted octanol–water partition coefficient (Wildman–Crippen LogP) is 2.23. The lowest BCUT2D eigenvalue weighted by molar-refractivity contribution is -0.384. The Kier molecular flexibility index (Phi) is 4.99. The van der Waals surface area contributed by atoms with Gasteiger partial charge in [-0.25, -0.2) is 0 Å². The number of benzene rings is 1. The van der Waals surface area contributed by atoms with Crippen molar-refractivity contribution in [2.24, 2.45) is 0 Å². The molecule has 1 saturated heterocycles. The minimum absolute atomic E-state index is 0.0105. The molecule has 0 unspecified atom stereocenters. The van der Waals surface area contributed by atoms with E-state index in [2.05, 4.69) is 5.32 Å². The quantitative estimate of drug-likeness (QED) is 0.651. The van der Waals surface area contributed by atoms with Crippen molar-refractivity contribution in [3.05, 3.63) is 33.9 Å². The van der Waals surface area contributed by atoms with Crippen molar-refractivity contribution in [1.82, 2.24) is 5.32 Å². The molecule has 0 aromatic heterocycles. The highest BCUT2D eigenvalue weighted by molar-refractivity contribution is 5.96. The molecule has 24 heavy (non-hydrogen) atoms. The molecular weight excluding hydrogens is 310 g/mol. The number of hydrogen-bond acceptors (Lipinski definition) is 5. The zero-order valence-corrected chi connectivity index (χ0v) is 13.6. The summed E-state index contributed by atoms with van der Waals surface area (Å²) in [5.74, 6) is -0.285. The van der Waals surface area contributed by atoms with Crippen LogP contribution in [-0.4, -0.2) is 41.2 Å². The maximum atomic E-state index is 12.4. The van der Waals surface area contributed by atoms with Gasteiger partial charge in [0, 0.05) is 30.8 Å². The summed E-state index contributed by atoms with van der Waals surface area (Å²) >= 11 is 0. The molecule has 1 aromatic carbocycles. The molecule has 0 atom stereocenters. The van der Waals surface area contributed by atoms with Gasteiger partial charge in [0.15, 0.2) is 0 Å². The van der Waals surface area contributed by atoms with Gasteiger partial charge in [-0.05, 0) is 50.7 Å². The van der Waals surface area contributed by atoms with Gasteiger partial charge >= 0.3 is 0 Å². The van der Waals surface area contributed by atoms with E-state index < -0.39 is 4.92 Å². The number of rotatable bonds is 4. The first-order valence-corrected chi connectivity index (χ1v) is 8.57. The molecule has 1 aromatic rings. The molecule has 2 N–H and O–H groups in total. The zero-order chi connectivity index (χ0) is 17.1. The van der Waals surface area contributed by atoms with Crippen molar-refractivity contribution in [2.45, 2.75) is 50.7 Å². The molecule has 1 saturated carbocycles. The van der Waals surface area contributed by atoms with E-state index >= 15 is 0 Å². The molecule has 1 heterocycles. The number of nitrogens with zero attached hydrogens (tertiary/aromatic N) is 2. The maximum absolute atomic E-state index is 12.4. The van der Waals surface area contributed by atoms with E-state index in [0.29, 0.717) is 24.1 Å². The highest BCUT2D eigenvalue weighted by Crippen LogP contribution is 2.31. The molecule has 130 valence electrons. The van der Waals surface area contributed by atoms with Gasteiger partial charge < -0.3 is 15.3 Å². The van der Waals surface area contributed by atoms with Gasteiger partial charge in [0.2, 0.25) is 0 Å². The summed E-state index contributed by atoms with van der Waals surface area (Å²) in [6.07, 6.45) is 4.62. The van der Waals surface area contributed by atoms with Crippen LogP contribution in [0.5, 0.6) is 0 Å². The summed E-state index contributed by atoms with van der Waals surface area (Å²) in [6, 6.07) is 4.75. The van der Waals surface area contributed by atoms with Crippen molar-refractivity contribution >= 4 is 17.3 Å². The van der Waals surface area contributed by atoms with Gasteiger partial charge in [-0.1, -0.05) is 0 Å². The Morgan fingerprint density at radius 2 is 1.88 bits per heavy atom. The maximum Gasteiger partial charge on any atom is 0.293 e. The topological polar surface area (TPSA) is 95.7 Å². The fourth-order valence-electron chi connectivity index (χ4n) is 3.53. The third kappa shape index (κ3) is 3.67. The number of carbonyl (C=O) groups is 1. The number of aliphatic hydroxyl groups is 1. The second-order valence-corrected chi connectivity index (χ2v) is 6.63. The summed E-state index contributed by atoms with van der Waals surface area (Å²) < 4.78 is 0. The molecule has 0 bridgehead atoms. The summed E-state index contributed by atoms with van der Waals surface area (Å²) in [5, 5.41) is 23.8. The van der Waals surface area contributed by atoms with Gasteiger partial charge in [0.1, 0.15) is 5.69 Å². The van der Waals surface area contributed by atoms with Crippen LogP contribution in [0.1, 0.15) is 48.9 Å². The number of nitrogens with one attached hydrogen (secondary N) is 1. The normalized spacial score (nSPS) is 24.0. The number of hydrogen-bond donors (Lipinski definition) is 2. The van der Waals surface area contributed by atoms with Crippen LogP contribution in [0.2, 0.25) is 0 Å². The van der Waals surface area contributed by atoms with Crippen LogP contribution in [0.25, 0.3) is 0 Å². The Labute approximate surface area is 140 Å². The van der Waals surface area contributed by atoms with Crippen molar-refractivity contribution in [1.29, 1.82) is 0 Å². The highest BCUT2D eigenvalue weighted by atomic mass is 16.6. The number of carbonyl (C=O) groups excluding carboxylic acids is 1. The minimum Gasteiger partial charge on any atom is -0.393 e. The number of nitro benzene ring substituents is 1. The number of aliphatic hydroxyl groups excluding tert-OH is 1. The summed E-state index contributed by atoms with van der Waals surface area (Å²) in [6.45, 7) is 1.63. The Bertz CT molecular complexity index is 620. The summed E-state index contributed by atoms with van der Waals surface area (Å²) in [4.78, 5) is 25.4. The lowest BCUT2D eigenvalue weighted by Gasteiger charge is -2.26. The van der Waals surface area contributed by atoms with Crippen LogP contribution in [0.15, 0.2) is 18.2 Å². The van der Waals surface area contributed by atoms with Crippen LogP contribution in [-0.2, 0) is 0 Å². The SMILES string of the molecule is O=C(NC1CCC(O)CC1)c1ccc(N2CCCC2)c([N+](=O)[O-])c1. The summed E-state index contributed by atoms with van der Waals surface area (Å²) in [7, 11) is 0. The second-order valence-electron chi connectivity index (χ2n) is 6.63. The molecule has 3 rings (SSSR count). The highest BCUT2D eigenvalue weighted by Gasteiger charge is 2.25. The molecule has 2 aliphatic rings. The van der Waals surface area contributed by atoms with Gasteiger partial charge in [0.25, 0.3) is 11.6 Å². The largest absolute Gasteiger partial charge is 0.393 e. The van der Waals surface area contributed by atoms with Gasteiger partial charge in [-0.15, -0.1) is 0 Å². The second kappa shape index (κ2) is 7.17. The number of amides is 1. The number of nitro groups is 1. The Balaban J connectivity index is 1.74. The van der Waals surface area contributed by atoms with E-state index in [0.717, 1.165) is 38.8 Å². The van der Waals surface area contributed by atoms with Crippen LogP contribution >= 0.6 is 0 Å². The zero-order valence-electron chi connectivity index (χ0n) is 13.6. The lowest BCUT2D eigenvalue weighted by Crippen LogP contribution is -2.38. The molecule has 7 nitrogen and oxygen atoms in total. The molecule has 7 heteroatoms. The van der Waals surface area contributed by atoms with E-state index in [1.807, 2.05) is 4.90 Å². The van der Waals surface area contributed by atoms with E-state index in [1.165, 1.54) is 6.07 Å². The van der Waals surface area contributed by atoms with Crippen LogP contribution in [0, 0.1) is 10.1 Å². The standard InChI is InChI=1S/C17H23N3O4/c21-14-6-4-13(5-7-14)18-17(22)12-3-8-15(16(11-12)20(23)24)19-9-1-2-10-19/h3,8,11,13-14,21H,1-2,4-7,9-10H2,(H,18,22). The average Bonchev–Trinajstić information content (AvgIpc) is 3.10. The lowest BCUT2D eigenvalue weighted by atomic mass is 9.93. The molecule has 1 amide bonds. The first-order chi connectivity index (χ1) is 11.5. The third-order valence-electron chi connectivity index (χ3n) is 4.91. The van der Waals surface area contributed by atoms with E-state index in [4.69, 9.17) is 0 Å². The van der Waals surface area contributed by atoms with Crippen LogP contribution < -0.4 is 10.2 Å². The van der Waals surface area contributed by atoms with E-state index in [-0.39, 0.29) is 23.7 Å². The molecule has 2 fully saturated rings. The fourth-order valence-corrected chi connectivity index (χ4v) is 3.53. The summed E-state index contributed by atoms with van der Waals surface area (Å²) in [5.41, 5.74) is 0.897. The van der Waals surface area contributed by atoms with Crippen LogP contribution in [0.3, 0.4) is 0 Å². The van der Waals surface area contributed by atoms with Gasteiger partial charge in [-0.3, -0.25) is 14.9 Å². The smallest absolute Gasteiger partial charge is 0.293 e. The minimum atomic E-state index is -0.415. The molecule has 1 aliphatic heterocycles. The van der Waals surface area contributed by atoms with Crippen molar-refractivity contribution < 1.29 is 14.8 Å². The monoisotopic (exact) mass is 333 g/mol. The molecule has 1 aliphatic carbocycles. The molecule has 0 spiro atoms. The van der Waals surface area contributed by atoms with Gasteiger partial charge in [0.05, 0.1) is 11.0 Å². The molecular formula is C17H23N3O4. The molecule has 0 radical (unpaired) electrons. The van der Waals surface area contributed by atoms with Crippen molar-refractivity contribution in [2.75, 3.05) is 18.0 Å². The first kappa shape index (κ1) is 16.7. The predicted molar refractivity (Wildman–Crippen MR) is 90.3 cm³/mol. The van der Waals surface area contributed by atoms with Crippen LogP contribution in [0.4, 0.5) is 11.4 Å². The van der Waals surface area contributed by atoms with Crippen molar-refractivity contribution in [3.8, 4) is 0 Å². The average molecular weight is 333 g/mol. The van der Waals surface area contributed by atoms with E-state index in [9.17, 15) is 20.0 Å². The Morgan fingerprint density at radius 3 is 2.50 bits per heavy atom. The first-order valence-electron chi connectivity index (χ1n) is 8.57. The Morgan fingerprint density at radius 1 is 1.21 bits per heavy atom. The Hall–Kier alpha value is -2.15. The fraction of sp³-hybridized carbons (Fsp3) is 0.588. The number of anilines is 1. The third-order valence-corrected chi connectivity index (χ3v) is 4.91. The van der Waals surface area contributed by atoms with Crippen molar-refractivity contribution in [3.63, 3.8) is 0 Å². The van der Waals surface area contributed by atoms with E-state index in [1.54, 1.807) is 12.1 Å².